The molecule has 14 heteroatoms. The predicted molar refractivity (Wildman–Crippen MR) is 226 cm³/mol. The Morgan fingerprint density at radius 2 is 0.732 bits per heavy atom. The van der Waals surface area contributed by atoms with Gasteiger partial charge in [-0.05, 0) is 37.8 Å². The molecule has 0 N–H and O–H groups in total. The number of carbonyl (C=O) groups is 4. The van der Waals surface area contributed by atoms with Gasteiger partial charge >= 0.3 is 37.3 Å². The summed E-state index contributed by atoms with van der Waals surface area (Å²) >= 11 is 3.09. The number of fused-ring (bicyclic) bond motifs is 2. The van der Waals surface area contributed by atoms with Crippen LogP contribution in [-0.2, 0) is 50.6 Å². The largest absolute Gasteiger partial charge is 0.624 e. The van der Waals surface area contributed by atoms with E-state index in [1.54, 1.807) is 22.7 Å². The molecule has 310 valence electrons. The van der Waals surface area contributed by atoms with Crippen molar-refractivity contribution in [1.82, 2.24) is 0 Å². The zero-order valence-corrected chi connectivity index (χ0v) is 36.3. The first-order valence-electron chi connectivity index (χ1n) is 22.1. The van der Waals surface area contributed by atoms with Crippen molar-refractivity contribution in [3.8, 4) is 9.75 Å². The van der Waals surface area contributed by atoms with E-state index in [1.165, 1.54) is 103 Å². The van der Waals surface area contributed by atoms with Crippen LogP contribution in [0.3, 0.4) is 0 Å². The third kappa shape index (κ3) is 9.13. The molecule has 0 aliphatic carbocycles. The highest BCUT2D eigenvalue weighted by atomic mass is 32.1. The number of aryl methyl sites for hydroxylation is 2. The van der Waals surface area contributed by atoms with Crippen molar-refractivity contribution in [3.05, 3.63) is 23.3 Å². The Morgan fingerprint density at radius 3 is 1.02 bits per heavy atom. The zero-order valence-electron chi connectivity index (χ0n) is 34.7. The van der Waals surface area contributed by atoms with Crippen LogP contribution in [0, 0.1) is 0 Å². The summed E-state index contributed by atoms with van der Waals surface area (Å²) in [5.41, 5.74) is 2.13. The Bertz CT molecular complexity index is 1550. The molecule has 0 radical (unpaired) electrons. The fourth-order valence-corrected chi connectivity index (χ4v) is 12.7. The Balaban J connectivity index is 1.24. The van der Waals surface area contributed by atoms with Crippen molar-refractivity contribution in [2.45, 2.75) is 155 Å². The maximum atomic E-state index is 12.9. The van der Waals surface area contributed by atoms with Crippen LogP contribution in [0.1, 0.15) is 153 Å². The lowest BCUT2D eigenvalue weighted by Gasteiger charge is -2.39. The van der Waals surface area contributed by atoms with Gasteiger partial charge in [-0.3, -0.25) is 19.2 Å². The number of likely N-dealkylation sites (N-methyl/N-ethyl adjacent to an activating group) is 2. The van der Waals surface area contributed by atoms with Crippen LogP contribution in [-0.4, -0.2) is 86.3 Å². The van der Waals surface area contributed by atoms with Crippen molar-refractivity contribution in [1.29, 1.82) is 0 Å². The Labute approximate surface area is 343 Å². The quantitative estimate of drug-likeness (QED) is 0.0739. The molecule has 0 amide bonds. The van der Waals surface area contributed by atoms with Crippen LogP contribution in [0.25, 0.3) is 9.75 Å². The lowest BCUT2D eigenvalue weighted by atomic mass is 9.65. The second-order valence-electron chi connectivity index (χ2n) is 17.8. The van der Waals surface area contributed by atoms with E-state index >= 15 is 0 Å². The number of hydrogen-bond acceptors (Lipinski definition) is 10. The third-order valence-electron chi connectivity index (χ3n) is 13.0. The summed E-state index contributed by atoms with van der Waals surface area (Å²) in [6.07, 6.45) is 26.3. The van der Waals surface area contributed by atoms with Crippen LogP contribution < -0.4 is 9.55 Å². The van der Waals surface area contributed by atoms with E-state index in [-0.39, 0.29) is 58.8 Å². The molecular weight excluding hydrogens is 746 g/mol. The van der Waals surface area contributed by atoms with Gasteiger partial charge in [0.2, 0.25) is 0 Å². The normalized spacial score (nSPS) is 26.7. The summed E-state index contributed by atoms with van der Waals surface area (Å²) in [6, 6.07) is 4.40. The lowest BCUT2D eigenvalue weighted by molar-refractivity contribution is -0.791. The van der Waals surface area contributed by atoms with Crippen LogP contribution in [0.2, 0.25) is 0 Å². The van der Waals surface area contributed by atoms with E-state index in [2.05, 4.69) is 26.0 Å². The SMILES string of the molecule is CCCCCCCCCCCCc1cc(-c2cc(CCCCCCCCCCCC)c([B-]34OC(=O)C[N+]3(C)CC(=O)O4)s2)sc1[B-]12OC(=O)C[N+]1(C)CC(=O)O2. The minimum Gasteiger partial charge on any atom is -0.596 e. The van der Waals surface area contributed by atoms with Gasteiger partial charge in [0.1, 0.15) is 26.2 Å². The number of carbonyl (C=O) groups excluding carboxylic acids is 4. The average molecular weight is 813 g/mol. The Kier molecular flexibility index (Phi) is 14.5. The van der Waals surface area contributed by atoms with E-state index in [1.807, 2.05) is 14.1 Å². The molecule has 0 unspecified atom stereocenters. The first-order chi connectivity index (χ1) is 27.0. The number of thiophene rings is 2. The molecular formula is C42H66B2N2O8S2. The molecule has 56 heavy (non-hydrogen) atoms. The van der Waals surface area contributed by atoms with Gasteiger partial charge in [0.05, 0.1) is 0 Å². The summed E-state index contributed by atoms with van der Waals surface area (Å²) in [5.74, 6) is -1.38. The number of rotatable bonds is 25. The Morgan fingerprint density at radius 1 is 0.464 bits per heavy atom. The maximum absolute atomic E-state index is 12.9. The topological polar surface area (TPSA) is 105 Å². The highest BCUT2D eigenvalue weighted by Crippen LogP contribution is 2.42. The second-order valence-corrected chi connectivity index (χ2v) is 19.9. The fourth-order valence-electron chi connectivity index (χ4n) is 9.71. The fraction of sp³-hybridized carbons (Fsp3) is 0.714. The molecule has 0 saturated carbocycles. The van der Waals surface area contributed by atoms with Crippen molar-refractivity contribution >= 4 is 69.5 Å². The minimum atomic E-state index is -2.39. The lowest BCUT2D eigenvalue weighted by Crippen LogP contribution is -2.67. The van der Waals surface area contributed by atoms with E-state index < -0.39 is 13.4 Å². The molecule has 4 aliphatic rings. The monoisotopic (exact) mass is 812 g/mol. The molecule has 0 atom stereocenters. The van der Waals surface area contributed by atoms with Crippen molar-refractivity contribution in [3.63, 3.8) is 0 Å². The molecule has 6 rings (SSSR count). The minimum absolute atomic E-state index is 0.0983. The van der Waals surface area contributed by atoms with Crippen molar-refractivity contribution in [2.24, 2.45) is 0 Å². The zero-order chi connectivity index (χ0) is 39.8. The number of unbranched alkanes of at least 4 members (excludes halogenated alkanes) is 18. The summed E-state index contributed by atoms with van der Waals surface area (Å²) in [6.45, 7) is 0.112. The van der Waals surface area contributed by atoms with E-state index in [0.717, 1.165) is 69.0 Å². The van der Waals surface area contributed by atoms with E-state index in [0.29, 0.717) is 0 Å². The summed E-state index contributed by atoms with van der Waals surface area (Å²) in [5, 5.41) is 0. The van der Waals surface area contributed by atoms with E-state index in [4.69, 9.17) is 18.6 Å². The molecule has 4 saturated heterocycles. The van der Waals surface area contributed by atoms with Gasteiger partial charge < -0.3 is 27.4 Å². The summed E-state index contributed by atoms with van der Waals surface area (Å²) in [7, 11) is 3.80. The highest BCUT2D eigenvalue weighted by Gasteiger charge is 2.69. The third-order valence-corrected chi connectivity index (χ3v) is 15.8. The smallest absolute Gasteiger partial charge is 0.596 e. The van der Waals surface area contributed by atoms with Gasteiger partial charge in [-0.25, -0.2) is 0 Å². The van der Waals surface area contributed by atoms with Crippen molar-refractivity contribution < 1.29 is 46.6 Å². The Hall–Kier alpha value is -2.67. The predicted octanol–water partition coefficient (Wildman–Crippen LogP) is 7.82. The van der Waals surface area contributed by atoms with Gasteiger partial charge in [-0.15, -0.1) is 0 Å². The average Bonchev–Trinajstić information content (AvgIpc) is 3.94. The van der Waals surface area contributed by atoms with Crippen LogP contribution >= 0.6 is 22.7 Å². The van der Waals surface area contributed by atoms with Crippen LogP contribution in [0.15, 0.2) is 12.1 Å². The van der Waals surface area contributed by atoms with Crippen LogP contribution in [0.5, 0.6) is 0 Å². The number of quaternary nitrogens is 2. The molecule has 6 heterocycles. The van der Waals surface area contributed by atoms with Crippen LogP contribution in [0.4, 0.5) is 0 Å². The van der Waals surface area contributed by atoms with Gasteiger partial charge in [0, 0.05) is 33.4 Å². The molecule has 2 aromatic rings. The van der Waals surface area contributed by atoms with Gasteiger partial charge in [-0.2, -0.15) is 22.7 Å². The summed E-state index contributed by atoms with van der Waals surface area (Å²) in [4.78, 5) is 53.6. The van der Waals surface area contributed by atoms with Gasteiger partial charge in [0.25, 0.3) is 0 Å². The maximum Gasteiger partial charge on any atom is 0.624 e. The number of hydrogen-bond donors (Lipinski definition) is 0. The molecule has 4 aliphatic heterocycles. The molecule has 0 aromatic carbocycles. The van der Waals surface area contributed by atoms with Gasteiger partial charge in [-0.1, -0.05) is 141 Å². The molecule has 0 spiro atoms. The standard InChI is InChI=1S/C42H66B2N2O8S2/c1-5-7-9-11-13-15-17-19-21-23-25-33-27-35(55-41(33)43-45(3,29-37(47)51-43)30-38(48)52-43)36-28-34(26-24-22-20-18-16-14-12-10-8-6-2)42(56-36)44-46(4,31-39(49)53-44)32-40(50)54-44/h27-28H,5-26,29-32H2,1-4H3. The second kappa shape index (κ2) is 18.9. The number of nitrogens with zero attached hydrogens (tertiary/aromatic N) is 2. The highest BCUT2D eigenvalue weighted by molar-refractivity contribution is 7.32. The molecule has 0 bridgehead atoms. The van der Waals surface area contributed by atoms with Crippen molar-refractivity contribution in [2.75, 3.05) is 40.3 Å². The molecule has 10 nitrogen and oxygen atoms in total. The molecule has 4 fully saturated rings. The van der Waals surface area contributed by atoms with E-state index in [9.17, 15) is 19.2 Å². The summed E-state index contributed by atoms with van der Waals surface area (Å²) < 4.78 is 26.3. The van der Waals surface area contributed by atoms with Gasteiger partial charge in [0.15, 0.2) is 0 Å². The molecule has 2 aromatic heterocycles. The first kappa shape index (κ1) is 42.9. The first-order valence-corrected chi connectivity index (χ1v) is 23.7.